The highest BCUT2D eigenvalue weighted by atomic mass is 16.5. The lowest BCUT2D eigenvalue weighted by Gasteiger charge is -2.18. The van der Waals surface area contributed by atoms with E-state index in [1.807, 2.05) is 24.3 Å². The minimum atomic E-state index is -0.484. The minimum absolute atomic E-state index is 0.0505. The number of rotatable bonds is 8. The summed E-state index contributed by atoms with van der Waals surface area (Å²) in [6, 6.07) is 22.6. The molecule has 3 N–H and O–H groups in total. The SMILES string of the molecule is CC(=O)NCCN[C@@H]1c2ccc(OCc3cccc(-c4ccccc4)c3C)cc2C[C@@H]1O. The Kier molecular flexibility index (Phi) is 6.88. The fraction of sp³-hybridized carbons (Fsp3) is 0.296. The number of amides is 1. The Hall–Kier alpha value is -3.15. The highest BCUT2D eigenvalue weighted by Crippen LogP contribution is 2.34. The molecule has 1 aliphatic carbocycles. The molecule has 0 aliphatic heterocycles. The highest BCUT2D eigenvalue weighted by molar-refractivity contribution is 5.72. The molecule has 32 heavy (non-hydrogen) atoms. The molecule has 1 aliphatic rings. The lowest BCUT2D eigenvalue weighted by molar-refractivity contribution is -0.118. The van der Waals surface area contributed by atoms with Gasteiger partial charge < -0.3 is 20.5 Å². The van der Waals surface area contributed by atoms with Crippen molar-refractivity contribution in [3.05, 3.63) is 89.0 Å². The van der Waals surface area contributed by atoms with E-state index in [9.17, 15) is 9.90 Å². The molecule has 0 fully saturated rings. The van der Waals surface area contributed by atoms with Crippen LogP contribution < -0.4 is 15.4 Å². The van der Waals surface area contributed by atoms with Crippen molar-refractivity contribution in [2.75, 3.05) is 13.1 Å². The average Bonchev–Trinajstić information content (AvgIpc) is 3.10. The maximum absolute atomic E-state index is 11.0. The van der Waals surface area contributed by atoms with Gasteiger partial charge in [-0.25, -0.2) is 0 Å². The molecule has 0 saturated carbocycles. The second-order valence-electron chi connectivity index (χ2n) is 8.29. The summed E-state index contributed by atoms with van der Waals surface area (Å²) < 4.78 is 6.13. The van der Waals surface area contributed by atoms with Crippen LogP contribution in [0.15, 0.2) is 66.7 Å². The Morgan fingerprint density at radius 2 is 1.88 bits per heavy atom. The largest absolute Gasteiger partial charge is 0.489 e. The Bertz CT molecular complexity index is 1080. The van der Waals surface area contributed by atoms with E-state index in [0.717, 1.165) is 22.4 Å². The second kappa shape index (κ2) is 9.98. The van der Waals surface area contributed by atoms with Crippen LogP contribution in [0.4, 0.5) is 0 Å². The third kappa shape index (κ3) is 5.01. The standard InChI is InChI=1S/C27H30N2O3/c1-18-21(9-6-10-24(18)20-7-4-3-5-8-20)17-32-23-11-12-25-22(15-23)16-26(31)27(25)29-14-13-28-19(2)30/h3-12,15,26-27,29,31H,13-14,16-17H2,1-2H3,(H,28,30)/t26-,27+/m0/s1. The van der Waals surface area contributed by atoms with Gasteiger partial charge in [0.2, 0.25) is 5.91 Å². The van der Waals surface area contributed by atoms with Gasteiger partial charge in [0.05, 0.1) is 12.1 Å². The zero-order valence-corrected chi connectivity index (χ0v) is 18.6. The summed E-state index contributed by atoms with van der Waals surface area (Å²) in [5.74, 6) is 0.755. The van der Waals surface area contributed by atoms with Crippen LogP contribution in [-0.2, 0) is 17.8 Å². The lowest BCUT2D eigenvalue weighted by Crippen LogP contribution is -2.35. The van der Waals surface area contributed by atoms with Crippen molar-refractivity contribution in [1.29, 1.82) is 0 Å². The third-order valence-electron chi connectivity index (χ3n) is 6.05. The summed E-state index contributed by atoms with van der Waals surface area (Å²) in [5.41, 5.74) is 6.99. The lowest BCUT2D eigenvalue weighted by atomic mass is 9.97. The number of ether oxygens (including phenoxy) is 1. The Morgan fingerprint density at radius 1 is 1.06 bits per heavy atom. The van der Waals surface area contributed by atoms with Crippen LogP contribution >= 0.6 is 0 Å². The zero-order valence-electron chi connectivity index (χ0n) is 18.6. The number of benzene rings is 3. The van der Waals surface area contributed by atoms with E-state index in [1.165, 1.54) is 23.6 Å². The van der Waals surface area contributed by atoms with E-state index in [2.05, 4.69) is 60.0 Å². The summed E-state index contributed by atoms with van der Waals surface area (Å²) in [7, 11) is 0. The molecule has 3 aromatic rings. The van der Waals surface area contributed by atoms with Gasteiger partial charge in [-0.3, -0.25) is 4.79 Å². The Labute approximate surface area is 189 Å². The fourth-order valence-corrected chi connectivity index (χ4v) is 4.35. The van der Waals surface area contributed by atoms with E-state index < -0.39 is 6.10 Å². The molecule has 5 nitrogen and oxygen atoms in total. The molecule has 0 heterocycles. The van der Waals surface area contributed by atoms with Gasteiger partial charge >= 0.3 is 0 Å². The molecule has 3 aromatic carbocycles. The topological polar surface area (TPSA) is 70.6 Å². The zero-order chi connectivity index (χ0) is 22.5. The van der Waals surface area contributed by atoms with Gasteiger partial charge in [0, 0.05) is 26.4 Å². The van der Waals surface area contributed by atoms with Crippen molar-refractivity contribution in [3.63, 3.8) is 0 Å². The first-order valence-corrected chi connectivity index (χ1v) is 11.1. The molecule has 0 radical (unpaired) electrons. The molecule has 0 unspecified atom stereocenters. The second-order valence-corrected chi connectivity index (χ2v) is 8.29. The summed E-state index contributed by atoms with van der Waals surface area (Å²) in [4.78, 5) is 11.0. The number of fused-ring (bicyclic) bond motifs is 1. The number of hydrogen-bond acceptors (Lipinski definition) is 4. The third-order valence-corrected chi connectivity index (χ3v) is 6.05. The summed E-state index contributed by atoms with van der Waals surface area (Å²) in [6.45, 7) is 5.27. The summed E-state index contributed by atoms with van der Waals surface area (Å²) >= 11 is 0. The molecular formula is C27H30N2O3. The van der Waals surface area contributed by atoms with Crippen LogP contribution in [0.2, 0.25) is 0 Å². The number of carbonyl (C=O) groups is 1. The predicted octanol–water partition coefficient (Wildman–Crippen LogP) is 3.92. The summed E-state index contributed by atoms with van der Waals surface area (Å²) in [5, 5.41) is 16.6. The van der Waals surface area contributed by atoms with Crippen LogP contribution in [0, 0.1) is 6.92 Å². The van der Waals surface area contributed by atoms with Gasteiger partial charge in [-0.05, 0) is 52.4 Å². The maximum Gasteiger partial charge on any atom is 0.216 e. The van der Waals surface area contributed by atoms with Gasteiger partial charge in [0.25, 0.3) is 0 Å². The van der Waals surface area contributed by atoms with E-state index in [4.69, 9.17) is 4.74 Å². The van der Waals surface area contributed by atoms with Gasteiger partial charge in [0.15, 0.2) is 0 Å². The monoisotopic (exact) mass is 430 g/mol. The van der Waals surface area contributed by atoms with E-state index in [-0.39, 0.29) is 11.9 Å². The van der Waals surface area contributed by atoms with Crippen LogP contribution in [-0.4, -0.2) is 30.2 Å². The number of nitrogens with one attached hydrogen (secondary N) is 2. The van der Waals surface area contributed by atoms with E-state index in [0.29, 0.717) is 26.1 Å². The molecule has 2 atom stereocenters. The van der Waals surface area contributed by atoms with E-state index in [1.54, 1.807) is 0 Å². The van der Waals surface area contributed by atoms with Gasteiger partial charge in [-0.15, -0.1) is 0 Å². The van der Waals surface area contributed by atoms with Crippen molar-refractivity contribution in [3.8, 4) is 16.9 Å². The highest BCUT2D eigenvalue weighted by Gasteiger charge is 2.30. The number of hydrogen-bond donors (Lipinski definition) is 3. The first kappa shape index (κ1) is 22.1. The molecule has 166 valence electrons. The maximum atomic E-state index is 11.0. The Morgan fingerprint density at radius 3 is 2.66 bits per heavy atom. The summed E-state index contributed by atoms with van der Waals surface area (Å²) in [6.07, 6.45) is 0.106. The molecule has 1 amide bonds. The first-order chi connectivity index (χ1) is 15.5. The number of aliphatic hydroxyl groups excluding tert-OH is 1. The van der Waals surface area contributed by atoms with Crippen LogP contribution in [0.5, 0.6) is 5.75 Å². The van der Waals surface area contributed by atoms with Crippen molar-refractivity contribution in [2.24, 2.45) is 0 Å². The molecular weight excluding hydrogens is 400 g/mol. The van der Waals surface area contributed by atoms with Gasteiger partial charge in [-0.2, -0.15) is 0 Å². The normalized spacial score (nSPS) is 17.1. The fourth-order valence-electron chi connectivity index (χ4n) is 4.35. The quantitative estimate of drug-likeness (QED) is 0.474. The Balaban J connectivity index is 1.42. The molecule has 0 bridgehead atoms. The van der Waals surface area contributed by atoms with Crippen molar-refractivity contribution in [2.45, 2.75) is 39.0 Å². The van der Waals surface area contributed by atoms with Crippen LogP contribution in [0.3, 0.4) is 0 Å². The van der Waals surface area contributed by atoms with Crippen LogP contribution in [0.25, 0.3) is 11.1 Å². The smallest absolute Gasteiger partial charge is 0.216 e. The minimum Gasteiger partial charge on any atom is -0.489 e. The number of aliphatic hydroxyl groups is 1. The number of carbonyl (C=O) groups excluding carboxylic acids is 1. The van der Waals surface area contributed by atoms with E-state index >= 15 is 0 Å². The van der Waals surface area contributed by atoms with Crippen molar-refractivity contribution < 1.29 is 14.6 Å². The molecule has 0 saturated heterocycles. The van der Waals surface area contributed by atoms with Gasteiger partial charge in [0.1, 0.15) is 12.4 Å². The average molecular weight is 431 g/mol. The first-order valence-electron chi connectivity index (χ1n) is 11.1. The molecule has 5 heteroatoms. The molecule has 0 aromatic heterocycles. The van der Waals surface area contributed by atoms with Crippen LogP contribution in [0.1, 0.15) is 35.2 Å². The van der Waals surface area contributed by atoms with Crippen molar-refractivity contribution >= 4 is 5.91 Å². The van der Waals surface area contributed by atoms with Gasteiger partial charge in [-0.1, -0.05) is 54.6 Å². The van der Waals surface area contributed by atoms with Crippen molar-refractivity contribution in [1.82, 2.24) is 10.6 Å². The molecule has 0 spiro atoms. The predicted molar refractivity (Wildman–Crippen MR) is 127 cm³/mol. The molecule has 4 rings (SSSR count).